The fourth-order valence-corrected chi connectivity index (χ4v) is 11.5. The predicted octanol–water partition coefficient (Wildman–Crippen LogP) is 2.15. The molecule has 11 heteroatoms. The van der Waals surface area contributed by atoms with Crippen LogP contribution in [0.3, 0.4) is 0 Å². The first-order valence-corrected chi connectivity index (χ1v) is 15.6. The standard InChI is InChI=1S/C32H44N2O9/c1-6-34-16-29(42-28(36)18-9-7-8-10-21(18)33-43-17(2)35)12-11-25(40-4)31-23(29)14-20(26(31)34)30(37)15-22(39-3)19-13-24(31)32(30,38)27(19)41-5/h7-10,19-20,22-27,33,37-38H,6,11-16H2,1-5H3/t19-,20+,22+,23+,24+,25+,26-,27-,29+,30+,31+,32+/m1/s1. The molecule has 6 fully saturated rings. The molecule has 0 aromatic heterocycles. The minimum Gasteiger partial charge on any atom is -0.454 e. The zero-order chi connectivity index (χ0) is 30.5. The lowest BCUT2D eigenvalue weighted by Crippen LogP contribution is -2.83. The number of benzene rings is 1. The molecular weight excluding hydrogens is 556 g/mol. The van der Waals surface area contributed by atoms with Crippen molar-refractivity contribution in [3.63, 3.8) is 0 Å². The molecule has 0 amide bonds. The number of rotatable bonds is 8. The molecule has 12 atom stereocenters. The van der Waals surface area contributed by atoms with Crippen LogP contribution in [0.5, 0.6) is 0 Å². The number of nitrogens with one attached hydrogen (secondary N) is 1. The fourth-order valence-electron chi connectivity index (χ4n) is 11.5. The number of anilines is 1. The highest BCUT2D eigenvalue weighted by Gasteiger charge is 2.89. The Morgan fingerprint density at radius 2 is 1.84 bits per heavy atom. The maximum atomic E-state index is 14.1. The third-order valence-corrected chi connectivity index (χ3v) is 12.6. The van der Waals surface area contributed by atoms with E-state index in [1.807, 2.05) is 0 Å². The van der Waals surface area contributed by atoms with E-state index in [2.05, 4.69) is 17.3 Å². The Kier molecular flexibility index (Phi) is 6.75. The van der Waals surface area contributed by atoms with E-state index in [-0.39, 0.29) is 47.5 Å². The zero-order valence-electron chi connectivity index (χ0n) is 25.6. The van der Waals surface area contributed by atoms with Crippen molar-refractivity contribution in [3.05, 3.63) is 29.8 Å². The van der Waals surface area contributed by atoms with Gasteiger partial charge in [-0.3, -0.25) is 9.69 Å². The highest BCUT2D eigenvalue weighted by Crippen LogP contribution is 2.79. The molecule has 1 spiro atoms. The first kappa shape index (κ1) is 29.4. The second kappa shape index (κ2) is 9.86. The Morgan fingerprint density at radius 3 is 2.51 bits per heavy atom. The predicted molar refractivity (Wildman–Crippen MR) is 153 cm³/mol. The van der Waals surface area contributed by atoms with Gasteiger partial charge < -0.3 is 34.0 Å². The molecule has 1 saturated heterocycles. The SMILES string of the molecule is CCN1C[C@@]2(OC(=O)c3ccccc3NOC(C)=O)CC[C@H](OC)[C@]34[C@H]1[C@H](C[C@@H]23)[C@@]1(O)C[C@H](OC)[C@H]2C[C@@H]4[C@]1(O)[C@@H]2OC. The zero-order valence-corrected chi connectivity index (χ0v) is 25.6. The normalized spacial score (nSPS) is 47.2. The van der Waals surface area contributed by atoms with Crippen LogP contribution in [0.25, 0.3) is 0 Å². The molecule has 6 aliphatic rings. The number of carbonyl (C=O) groups excluding carboxylic acids is 2. The maximum absolute atomic E-state index is 14.1. The molecule has 43 heavy (non-hydrogen) atoms. The van der Waals surface area contributed by atoms with Crippen molar-refractivity contribution in [2.45, 2.75) is 87.1 Å². The summed E-state index contributed by atoms with van der Waals surface area (Å²) in [5.74, 6) is -1.89. The molecule has 11 nitrogen and oxygen atoms in total. The molecule has 0 unspecified atom stereocenters. The highest BCUT2D eigenvalue weighted by molar-refractivity contribution is 5.96. The number of hydrogen-bond acceptors (Lipinski definition) is 11. The molecule has 5 aliphatic carbocycles. The van der Waals surface area contributed by atoms with Crippen molar-refractivity contribution in [1.29, 1.82) is 0 Å². The van der Waals surface area contributed by atoms with Gasteiger partial charge in [-0.1, -0.05) is 19.1 Å². The van der Waals surface area contributed by atoms with Crippen LogP contribution >= 0.6 is 0 Å². The summed E-state index contributed by atoms with van der Waals surface area (Å²) >= 11 is 0. The Hall–Kier alpha value is -2.28. The Balaban J connectivity index is 1.35. The molecule has 1 aromatic rings. The van der Waals surface area contributed by atoms with Gasteiger partial charge in [0.15, 0.2) is 0 Å². The summed E-state index contributed by atoms with van der Waals surface area (Å²) in [5.41, 5.74) is -1.16. The summed E-state index contributed by atoms with van der Waals surface area (Å²) in [6.07, 6.45) is 1.81. The lowest BCUT2D eigenvalue weighted by Gasteiger charge is -2.70. The molecule has 1 heterocycles. The number of aliphatic hydroxyl groups is 2. The van der Waals surface area contributed by atoms with Crippen LogP contribution in [0.2, 0.25) is 0 Å². The molecule has 0 radical (unpaired) electrons. The topological polar surface area (TPSA) is 136 Å². The van der Waals surface area contributed by atoms with Crippen LogP contribution in [-0.2, 0) is 28.6 Å². The van der Waals surface area contributed by atoms with Crippen LogP contribution in [0.4, 0.5) is 5.69 Å². The van der Waals surface area contributed by atoms with Crippen LogP contribution in [-0.4, -0.2) is 103 Å². The summed E-state index contributed by atoms with van der Waals surface area (Å²) in [4.78, 5) is 32.9. The van der Waals surface area contributed by atoms with Crippen molar-refractivity contribution in [1.82, 2.24) is 4.90 Å². The third kappa shape index (κ3) is 3.46. The van der Waals surface area contributed by atoms with E-state index in [1.54, 1.807) is 45.6 Å². The summed E-state index contributed by atoms with van der Waals surface area (Å²) in [6, 6.07) is 6.76. The average molecular weight is 601 g/mol. The van der Waals surface area contributed by atoms with Crippen molar-refractivity contribution < 1.29 is 43.6 Å². The number of piperidine rings is 1. The third-order valence-electron chi connectivity index (χ3n) is 12.6. The number of ether oxygens (including phenoxy) is 4. The van der Waals surface area contributed by atoms with E-state index in [9.17, 15) is 19.8 Å². The summed E-state index contributed by atoms with van der Waals surface area (Å²) in [7, 11) is 5.04. The Labute approximate surface area is 252 Å². The smallest absolute Gasteiger partial charge is 0.340 e. The molecule has 1 aromatic carbocycles. The van der Waals surface area contributed by atoms with Gasteiger partial charge in [-0.25, -0.2) is 10.3 Å². The number of likely N-dealkylation sites (tertiary alicyclic amines) is 1. The van der Waals surface area contributed by atoms with E-state index in [0.29, 0.717) is 50.9 Å². The minimum absolute atomic E-state index is 0.0559. The van der Waals surface area contributed by atoms with Gasteiger partial charge in [-0.2, -0.15) is 0 Å². The lowest BCUT2D eigenvalue weighted by atomic mass is 9.44. The Bertz CT molecular complexity index is 1310. The van der Waals surface area contributed by atoms with Gasteiger partial charge in [-0.15, -0.1) is 0 Å². The van der Waals surface area contributed by atoms with Crippen LogP contribution in [0.15, 0.2) is 24.3 Å². The van der Waals surface area contributed by atoms with Crippen molar-refractivity contribution in [3.8, 4) is 0 Å². The molecule has 3 N–H and O–H groups in total. The summed E-state index contributed by atoms with van der Waals surface area (Å²) in [5, 5.41) is 25.7. The number of para-hydroxylation sites is 1. The van der Waals surface area contributed by atoms with Crippen LogP contribution < -0.4 is 5.48 Å². The second-order valence-electron chi connectivity index (χ2n) is 13.7. The lowest BCUT2D eigenvalue weighted by molar-refractivity contribution is -0.337. The van der Waals surface area contributed by atoms with E-state index in [0.717, 1.165) is 0 Å². The first-order valence-electron chi connectivity index (χ1n) is 15.6. The van der Waals surface area contributed by atoms with Gasteiger partial charge in [0.1, 0.15) is 16.8 Å². The number of likely N-dealkylation sites (N-methyl/N-ethyl adjacent to an activating group) is 1. The Morgan fingerprint density at radius 1 is 1.07 bits per heavy atom. The monoisotopic (exact) mass is 600 g/mol. The molecule has 236 valence electrons. The summed E-state index contributed by atoms with van der Waals surface area (Å²) < 4.78 is 25.0. The minimum atomic E-state index is -1.49. The number of methoxy groups -OCH3 is 3. The number of esters is 1. The highest BCUT2D eigenvalue weighted by atomic mass is 16.7. The molecule has 7 rings (SSSR count). The molecular formula is C32H44N2O9. The average Bonchev–Trinajstić information content (AvgIpc) is 3.42. The van der Waals surface area contributed by atoms with Crippen LogP contribution in [0.1, 0.15) is 56.3 Å². The molecule has 5 saturated carbocycles. The largest absolute Gasteiger partial charge is 0.454 e. The van der Waals surface area contributed by atoms with Gasteiger partial charge in [0.2, 0.25) is 0 Å². The number of hydrogen-bond donors (Lipinski definition) is 3. The van der Waals surface area contributed by atoms with E-state index in [1.165, 1.54) is 6.92 Å². The van der Waals surface area contributed by atoms with E-state index < -0.39 is 40.3 Å². The quantitative estimate of drug-likeness (QED) is 0.299. The van der Waals surface area contributed by atoms with E-state index >= 15 is 0 Å². The van der Waals surface area contributed by atoms with Crippen molar-refractivity contribution in [2.75, 3.05) is 39.9 Å². The van der Waals surface area contributed by atoms with Crippen molar-refractivity contribution in [2.24, 2.45) is 29.1 Å². The first-order chi connectivity index (χ1) is 20.6. The van der Waals surface area contributed by atoms with Crippen molar-refractivity contribution >= 4 is 17.6 Å². The number of fused-ring (bicyclic) bond motifs is 2. The molecule has 1 aliphatic heterocycles. The second-order valence-corrected chi connectivity index (χ2v) is 13.7. The van der Waals surface area contributed by atoms with Crippen LogP contribution in [0, 0.1) is 29.1 Å². The van der Waals surface area contributed by atoms with E-state index in [4.69, 9.17) is 23.8 Å². The van der Waals surface area contributed by atoms with Gasteiger partial charge in [-0.05, 0) is 44.4 Å². The number of nitrogens with zero attached hydrogens (tertiary/aromatic N) is 1. The van der Waals surface area contributed by atoms with Gasteiger partial charge in [0.05, 0.1) is 29.6 Å². The molecule has 7 bridgehead atoms. The van der Waals surface area contributed by atoms with Gasteiger partial charge in [0.25, 0.3) is 0 Å². The number of carbonyl (C=O) groups is 2. The fraction of sp³-hybridized carbons (Fsp3) is 0.750. The maximum Gasteiger partial charge on any atom is 0.340 e. The van der Waals surface area contributed by atoms with Gasteiger partial charge >= 0.3 is 11.9 Å². The summed E-state index contributed by atoms with van der Waals surface area (Å²) in [6.45, 7) is 4.62. The van der Waals surface area contributed by atoms with Gasteiger partial charge in [0, 0.05) is 76.3 Å².